The zero-order valence-corrected chi connectivity index (χ0v) is 11.6. The molecule has 19 heavy (non-hydrogen) atoms. The number of hydrogen-bond acceptors (Lipinski definition) is 5. The van der Waals surface area contributed by atoms with Crippen molar-refractivity contribution in [1.29, 1.82) is 0 Å². The number of carbonyl (C=O) groups is 1. The first-order valence-corrected chi connectivity index (χ1v) is 6.46. The van der Waals surface area contributed by atoms with E-state index in [1.807, 2.05) is 7.05 Å². The van der Waals surface area contributed by atoms with Crippen LogP contribution in [0.3, 0.4) is 0 Å². The van der Waals surface area contributed by atoms with Gasteiger partial charge in [0.15, 0.2) is 5.69 Å². The summed E-state index contributed by atoms with van der Waals surface area (Å²) in [7, 11) is 5.33. The fourth-order valence-electron chi connectivity index (χ4n) is 2.12. The topological polar surface area (TPSA) is 67.3 Å². The van der Waals surface area contributed by atoms with Gasteiger partial charge in [-0.2, -0.15) is 0 Å². The van der Waals surface area contributed by atoms with E-state index in [1.54, 1.807) is 26.2 Å². The minimum Gasteiger partial charge on any atom is -0.473 e. The summed E-state index contributed by atoms with van der Waals surface area (Å²) < 4.78 is 5.70. The van der Waals surface area contributed by atoms with Gasteiger partial charge < -0.3 is 15.0 Å². The monoisotopic (exact) mass is 264 g/mol. The summed E-state index contributed by atoms with van der Waals surface area (Å²) in [5.41, 5.74) is 0.332. The molecule has 1 aromatic rings. The first-order chi connectivity index (χ1) is 9.10. The Balaban J connectivity index is 1.85. The highest BCUT2D eigenvalue weighted by molar-refractivity contribution is 5.91. The SMILES string of the molecule is CNCC1CC(Oc2ccc(C(=O)N(C)C)nn2)C1. The van der Waals surface area contributed by atoms with Crippen molar-refractivity contribution in [3.63, 3.8) is 0 Å². The number of rotatable bonds is 5. The lowest BCUT2D eigenvalue weighted by Crippen LogP contribution is -2.38. The van der Waals surface area contributed by atoms with Crippen molar-refractivity contribution in [2.45, 2.75) is 18.9 Å². The molecule has 1 aliphatic carbocycles. The van der Waals surface area contributed by atoms with Gasteiger partial charge in [0.2, 0.25) is 5.88 Å². The lowest BCUT2D eigenvalue weighted by Gasteiger charge is -2.34. The Kier molecular flexibility index (Phi) is 4.31. The van der Waals surface area contributed by atoms with Crippen LogP contribution in [0.2, 0.25) is 0 Å². The second-order valence-electron chi connectivity index (χ2n) is 5.09. The summed E-state index contributed by atoms with van der Waals surface area (Å²) in [5.74, 6) is 1.03. The van der Waals surface area contributed by atoms with E-state index in [4.69, 9.17) is 4.74 Å². The van der Waals surface area contributed by atoms with Crippen LogP contribution in [0.5, 0.6) is 5.88 Å². The van der Waals surface area contributed by atoms with Crippen molar-refractivity contribution in [2.24, 2.45) is 5.92 Å². The first kappa shape index (κ1) is 13.7. The van der Waals surface area contributed by atoms with Crippen LogP contribution in [0.25, 0.3) is 0 Å². The van der Waals surface area contributed by atoms with E-state index in [0.717, 1.165) is 19.4 Å². The Labute approximate surface area is 113 Å². The second kappa shape index (κ2) is 5.97. The van der Waals surface area contributed by atoms with Gasteiger partial charge >= 0.3 is 0 Å². The number of carbonyl (C=O) groups excluding carboxylic acids is 1. The molecule has 0 spiro atoms. The third-order valence-corrected chi connectivity index (χ3v) is 3.24. The van der Waals surface area contributed by atoms with Gasteiger partial charge in [-0.05, 0) is 38.4 Å². The fourth-order valence-corrected chi connectivity index (χ4v) is 2.12. The van der Waals surface area contributed by atoms with Gasteiger partial charge in [-0.15, -0.1) is 10.2 Å². The molecule has 1 aromatic heterocycles. The molecule has 1 amide bonds. The average Bonchev–Trinajstić information content (AvgIpc) is 2.36. The molecule has 1 saturated carbocycles. The third kappa shape index (κ3) is 3.41. The van der Waals surface area contributed by atoms with Gasteiger partial charge in [-0.1, -0.05) is 0 Å². The molecular formula is C13H20N4O2. The summed E-state index contributed by atoms with van der Waals surface area (Å²) in [4.78, 5) is 13.1. The second-order valence-corrected chi connectivity index (χ2v) is 5.09. The number of ether oxygens (including phenoxy) is 1. The Morgan fingerprint density at radius 1 is 1.42 bits per heavy atom. The lowest BCUT2D eigenvalue weighted by molar-refractivity contribution is 0.0606. The van der Waals surface area contributed by atoms with E-state index < -0.39 is 0 Å². The molecule has 0 bridgehead atoms. The van der Waals surface area contributed by atoms with Gasteiger partial charge in [-0.25, -0.2) is 0 Å². The maximum atomic E-state index is 11.6. The van der Waals surface area contributed by atoms with Crippen LogP contribution in [0.15, 0.2) is 12.1 Å². The van der Waals surface area contributed by atoms with Crippen molar-refractivity contribution in [3.05, 3.63) is 17.8 Å². The molecule has 2 rings (SSSR count). The molecule has 1 fully saturated rings. The van der Waals surface area contributed by atoms with Crippen molar-refractivity contribution in [2.75, 3.05) is 27.7 Å². The largest absolute Gasteiger partial charge is 0.473 e. The van der Waals surface area contributed by atoms with Crippen LogP contribution in [0.4, 0.5) is 0 Å². The van der Waals surface area contributed by atoms with Gasteiger partial charge in [0.05, 0.1) is 0 Å². The number of aromatic nitrogens is 2. The Morgan fingerprint density at radius 2 is 2.16 bits per heavy atom. The highest BCUT2D eigenvalue weighted by Crippen LogP contribution is 2.29. The van der Waals surface area contributed by atoms with Crippen LogP contribution in [0, 0.1) is 5.92 Å². The fraction of sp³-hybridized carbons (Fsp3) is 0.615. The van der Waals surface area contributed by atoms with Crippen LogP contribution in [-0.2, 0) is 0 Å². The normalized spacial score (nSPS) is 21.6. The van der Waals surface area contributed by atoms with E-state index >= 15 is 0 Å². The summed E-state index contributed by atoms with van der Waals surface area (Å²) in [6.07, 6.45) is 2.31. The molecule has 104 valence electrons. The van der Waals surface area contributed by atoms with Crippen molar-refractivity contribution in [3.8, 4) is 5.88 Å². The molecule has 6 nitrogen and oxygen atoms in total. The molecule has 1 heterocycles. The number of nitrogens with zero attached hydrogens (tertiary/aromatic N) is 3. The minimum atomic E-state index is -0.156. The summed E-state index contributed by atoms with van der Waals surface area (Å²) >= 11 is 0. The first-order valence-electron chi connectivity index (χ1n) is 6.46. The molecule has 0 unspecified atom stereocenters. The summed E-state index contributed by atoms with van der Waals surface area (Å²) in [6.45, 7) is 1.03. The van der Waals surface area contributed by atoms with Crippen LogP contribution < -0.4 is 10.1 Å². The highest BCUT2D eigenvalue weighted by atomic mass is 16.5. The molecule has 0 aliphatic heterocycles. The Bertz CT molecular complexity index is 427. The number of nitrogens with one attached hydrogen (secondary N) is 1. The zero-order chi connectivity index (χ0) is 13.8. The zero-order valence-electron chi connectivity index (χ0n) is 11.6. The molecular weight excluding hydrogens is 244 g/mol. The van der Waals surface area contributed by atoms with Gasteiger partial charge in [0.25, 0.3) is 5.91 Å². The number of amides is 1. The van der Waals surface area contributed by atoms with Gasteiger partial charge in [0.1, 0.15) is 6.10 Å². The van der Waals surface area contributed by atoms with E-state index in [9.17, 15) is 4.79 Å². The number of hydrogen-bond donors (Lipinski definition) is 1. The standard InChI is InChI=1S/C13H20N4O2/c1-14-8-9-6-10(7-9)19-12-5-4-11(15-16-12)13(18)17(2)3/h4-5,9-10,14H,6-8H2,1-3H3. The van der Waals surface area contributed by atoms with Crippen molar-refractivity contribution >= 4 is 5.91 Å². The van der Waals surface area contributed by atoms with Crippen LogP contribution in [-0.4, -0.2) is 54.8 Å². The molecule has 0 radical (unpaired) electrons. The predicted molar refractivity (Wildman–Crippen MR) is 71.1 cm³/mol. The third-order valence-electron chi connectivity index (χ3n) is 3.24. The van der Waals surface area contributed by atoms with E-state index in [0.29, 0.717) is 17.5 Å². The maximum absolute atomic E-state index is 11.6. The highest BCUT2D eigenvalue weighted by Gasteiger charge is 2.30. The molecule has 6 heteroatoms. The summed E-state index contributed by atoms with van der Waals surface area (Å²) in [6, 6.07) is 3.35. The molecule has 0 atom stereocenters. The van der Waals surface area contributed by atoms with E-state index in [2.05, 4.69) is 15.5 Å². The minimum absolute atomic E-state index is 0.156. The van der Waals surface area contributed by atoms with Crippen LogP contribution >= 0.6 is 0 Å². The van der Waals surface area contributed by atoms with Gasteiger partial charge in [-0.3, -0.25) is 4.79 Å². The lowest BCUT2D eigenvalue weighted by atomic mass is 9.82. The Morgan fingerprint density at radius 3 is 2.68 bits per heavy atom. The van der Waals surface area contributed by atoms with Crippen molar-refractivity contribution in [1.82, 2.24) is 20.4 Å². The van der Waals surface area contributed by atoms with Crippen molar-refractivity contribution < 1.29 is 9.53 Å². The van der Waals surface area contributed by atoms with Crippen LogP contribution in [0.1, 0.15) is 23.3 Å². The summed E-state index contributed by atoms with van der Waals surface area (Å²) in [5, 5.41) is 11.0. The smallest absolute Gasteiger partial charge is 0.273 e. The maximum Gasteiger partial charge on any atom is 0.273 e. The predicted octanol–water partition coefficient (Wildman–Crippen LogP) is 0.555. The molecule has 1 N–H and O–H groups in total. The molecule has 0 aromatic carbocycles. The quantitative estimate of drug-likeness (QED) is 0.841. The van der Waals surface area contributed by atoms with E-state index in [-0.39, 0.29) is 12.0 Å². The van der Waals surface area contributed by atoms with Gasteiger partial charge in [0, 0.05) is 20.2 Å². The Hall–Kier alpha value is -1.69. The average molecular weight is 264 g/mol. The molecule has 1 aliphatic rings. The van der Waals surface area contributed by atoms with E-state index in [1.165, 1.54) is 4.90 Å². The molecule has 0 saturated heterocycles.